The van der Waals surface area contributed by atoms with Gasteiger partial charge in [0, 0.05) is 13.5 Å². The number of hydrogen-bond acceptors (Lipinski definition) is 2. The molecule has 0 aromatic carbocycles. The molecule has 0 radical (unpaired) electrons. The van der Waals surface area contributed by atoms with Crippen molar-refractivity contribution in [3.05, 3.63) is 17.2 Å². The Hall–Kier alpha value is -0.980. The summed E-state index contributed by atoms with van der Waals surface area (Å²) in [7, 11) is 1.91. The maximum atomic E-state index is 5.86. The predicted molar refractivity (Wildman–Crippen MR) is 62.6 cm³/mol. The Morgan fingerprint density at radius 2 is 2.40 bits per heavy atom. The van der Waals surface area contributed by atoms with Crippen molar-refractivity contribution in [2.75, 3.05) is 6.54 Å². The third-order valence-corrected chi connectivity index (χ3v) is 2.59. The summed E-state index contributed by atoms with van der Waals surface area (Å²) in [5.41, 5.74) is 0. The lowest BCUT2D eigenvalue weighted by molar-refractivity contribution is 0.601. The Labute approximate surface area is 95.8 Å². The minimum atomic E-state index is 0.666. The molecule has 1 aromatic heterocycles. The topological polar surface area (TPSA) is 29.9 Å². The monoisotopic (exact) mass is 225 g/mol. The maximum Gasteiger partial charge on any atom is 0.128 e. The Kier molecular flexibility index (Phi) is 5.23. The zero-order valence-corrected chi connectivity index (χ0v) is 9.72. The van der Waals surface area contributed by atoms with Crippen LogP contribution in [-0.2, 0) is 13.6 Å². The second-order valence-corrected chi connectivity index (χ2v) is 3.78. The van der Waals surface area contributed by atoms with Gasteiger partial charge in [0.2, 0.25) is 0 Å². The van der Waals surface area contributed by atoms with E-state index in [-0.39, 0.29) is 0 Å². The van der Waals surface area contributed by atoms with Gasteiger partial charge in [-0.2, -0.15) is 0 Å². The van der Waals surface area contributed by atoms with Crippen LogP contribution in [0.2, 0.25) is 5.15 Å². The van der Waals surface area contributed by atoms with E-state index in [2.05, 4.69) is 16.2 Å². The number of hydrogen-bond donors (Lipinski definition) is 1. The first-order valence-electron chi connectivity index (χ1n) is 5.06. The third-order valence-electron chi connectivity index (χ3n) is 2.24. The molecule has 1 aromatic rings. The number of imidazole rings is 1. The van der Waals surface area contributed by atoms with Crippen LogP contribution in [0.1, 0.15) is 25.1 Å². The standard InChI is InChI=1S/C11H16ClN3/c1-3-4-5-6-7-13-9-11-14-8-10(12)15(11)2/h1,8,13H,4-7,9H2,2H3. The Balaban J connectivity index is 2.16. The number of unbranched alkanes of at least 4 members (excludes halogenated alkanes) is 2. The van der Waals surface area contributed by atoms with E-state index in [9.17, 15) is 0 Å². The summed E-state index contributed by atoms with van der Waals surface area (Å²) in [5, 5.41) is 3.97. The molecule has 1 N–H and O–H groups in total. The summed E-state index contributed by atoms with van der Waals surface area (Å²) in [5.74, 6) is 3.58. The van der Waals surface area contributed by atoms with Crippen LogP contribution in [0.3, 0.4) is 0 Å². The van der Waals surface area contributed by atoms with Crippen LogP contribution in [0.5, 0.6) is 0 Å². The van der Waals surface area contributed by atoms with Gasteiger partial charge in [0.05, 0.1) is 12.7 Å². The van der Waals surface area contributed by atoms with Crippen LogP contribution in [0.25, 0.3) is 0 Å². The zero-order valence-electron chi connectivity index (χ0n) is 8.96. The molecule has 0 atom stereocenters. The van der Waals surface area contributed by atoms with Crippen molar-refractivity contribution < 1.29 is 0 Å². The van der Waals surface area contributed by atoms with E-state index in [0.29, 0.717) is 5.15 Å². The molecule has 3 nitrogen and oxygen atoms in total. The van der Waals surface area contributed by atoms with Crippen molar-refractivity contribution in [3.8, 4) is 12.3 Å². The summed E-state index contributed by atoms with van der Waals surface area (Å²) in [6.45, 7) is 1.71. The lowest BCUT2D eigenvalue weighted by Crippen LogP contribution is -2.17. The second-order valence-electron chi connectivity index (χ2n) is 3.39. The highest BCUT2D eigenvalue weighted by Gasteiger charge is 2.02. The average molecular weight is 226 g/mol. The molecular formula is C11H16ClN3. The fraction of sp³-hybridized carbons (Fsp3) is 0.545. The minimum absolute atomic E-state index is 0.666. The third kappa shape index (κ3) is 3.94. The zero-order chi connectivity index (χ0) is 11.1. The lowest BCUT2D eigenvalue weighted by atomic mass is 10.2. The van der Waals surface area contributed by atoms with Crippen molar-refractivity contribution in [3.63, 3.8) is 0 Å². The highest BCUT2D eigenvalue weighted by Crippen LogP contribution is 2.08. The molecule has 0 aliphatic rings. The highest BCUT2D eigenvalue weighted by atomic mass is 35.5. The normalized spacial score (nSPS) is 10.2. The van der Waals surface area contributed by atoms with Crippen molar-refractivity contribution >= 4 is 11.6 Å². The van der Waals surface area contributed by atoms with E-state index in [1.807, 2.05) is 11.6 Å². The molecule has 15 heavy (non-hydrogen) atoms. The smallest absolute Gasteiger partial charge is 0.128 e. The molecule has 0 aliphatic carbocycles. The number of nitrogens with one attached hydrogen (secondary N) is 1. The van der Waals surface area contributed by atoms with E-state index in [4.69, 9.17) is 18.0 Å². The van der Waals surface area contributed by atoms with Gasteiger partial charge in [-0.3, -0.25) is 0 Å². The van der Waals surface area contributed by atoms with Crippen LogP contribution < -0.4 is 5.32 Å². The molecule has 0 saturated heterocycles. The molecular weight excluding hydrogens is 210 g/mol. The summed E-state index contributed by atoms with van der Waals surface area (Å²) in [6.07, 6.45) is 9.85. The number of rotatable bonds is 6. The van der Waals surface area contributed by atoms with Crippen molar-refractivity contribution in [1.29, 1.82) is 0 Å². The van der Waals surface area contributed by atoms with Gasteiger partial charge >= 0.3 is 0 Å². The van der Waals surface area contributed by atoms with E-state index < -0.39 is 0 Å². The van der Waals surface area contributed by atoms with Gasteiger partial charge in [0.1, 0.15) is 11.0 Å². The molecule has 0 bridgehead atoms. The van der Waals surface area contributed by atoms with Gasteiger partial charge in [-0.25, -0.2) is 4.98 Å². The minimum Gasteiger partial charge on any atom is -0.321 e. The summed E-state index contributed by atoms with van der Waals surface area (Å²) >= 11 is 5.86. The summed E-state index contributed by atoms with van der Waals surface area (Å²) < 4.78 is 1.87. The quantitative estimate of drug-likeness (QED) is 0.593. The van der Waals surface area contributed by atoms with E-state index in [0.717, 1.165) is 38.2 Å². The predicted octanol–water partition coefficient (Wildman–Crippen LogP) is 1.97. The molecule has 1 rings (SSSR count). The first-order chi connectivity index (χ1) is 7.25. The molecule has 0 aliphatic heterocycles. The first-order valence-corrected chi connectivity index (χ1v) is 5.43. The second kappa shape index (κ2) is 6.49. The van der Waals surface area contributed by atoms with Crippen LogP contribution in [0.4, 0.5) is 0 Å². The molecule has 0 unspecified atom stereocenters. The summed E-state index contributed by atoms with van der Waals surface area (Å²) in [6, 6.07) is 0. The highest BCUT2D eigenvalue weighted by molar-refractivity contribution is 6.29. The molecule has 0 saturated carbocycles. The Bertz CT molecular complexity index is 338. The van der Waals surface area contributed by atoms with Crippen LogP contribution in [0, 0.1) is 12.3 Å². The number of halogens is 1. The van der Waals surface area contributed by atoms with Crippen LogP contribution >= 0.6 is 11.6 Å². The average Bonchev–Trinajstić information content (AvgIpc) is 2.54. The molecule has 82 valence electrons. The maximum absolute atomic E-state index is 5.86. The largest absolute Gasteiger partial charge is 0.321 e. The Morgan fingerprint density at radius 3 is 3.00 bits per heavy atom. The number of aromatic nitrogens is 2. The van der Waals surface area contributed by atoms with E-state index >= 15 is 0 Å². The van der Waals surface area contributed by atoms with Crippen LogP contribution in [-0.4, -0.2) is 16.1 Å². The molecule has 0 amide bonds. The van der Waals surface area contributed by atoms with E-state index in [1.165, 1.54) is 0 Å². The van der Waals surface area contributed by atoms with Gasteiger partial charge in [0.25, 0.3) is 0 Å². The fourth-order valence-electron chi connectivity index (χ4n) is 1.27. The first kappa shape index (κ1) is 12.1. The lowest BCUT2D eigenvalue weighted by Gasteiger charge is -2.04. The number of terminal acetylenes is 1. The van der Waals surface area contributed by atoms with Gasteiger partial charge in [-0.05, 0) is 19.4 Å². The van der Waals surface area contributed by atoms with Gasteiger partial charge < -0.3 is 9.88 Å². The van der Waals surface area contributed by atoms with E-state index in [1.54, 1.807) is 6.20 Å². The SMILES string of the molecule is C#CCCCCNCc1ncc(Cl)n1C. The van der Waals surface area contributed by atoms with Gasteiger partial charge in [-0.1, -0.05) is 11.6 Å². The molecule has 1 heterocycles. The van der Waals surface area contributed by atoms with Crippen molar-refractivity contribution in [2.24, 2.45) is 7.05 Å². The summed E-state index contributed by atoms with van der Waals surface area (Å²) in [4.78, 5) is 4.19. The van der Waals surface area contributed by atoms with Gasteiger partial charge in [0.15, 0.2) is 0 Å². The van der Waals surface area contributed by atoms with Crippen molar-refractivity contribution in [1.82, 2.24) is 14.9 Å². The fourth-order valence-corrected chi connectivity index (χ4v) is 1.41. The molecule has 0 fully saturated rings. The molecule has 4 heteroatoms. The van der Waals surface area contributed by atoms with Gasteiger partial charge in [-0.15, -0.1) is 12.3 Å². The number of nitrogens with zero attached hydrogens (tertiary/aromatic N) is 2. The Morgan fingerprint density at radius 1 is 1.60 bits per heavy atom. The molecule has 0 spiro atoms. The van der Waals surface area contributed by atoms with Crippen LogP contribution in [0.15, 0.2) is 6.20 Å². The van der Waals surface area contributed by atoms with Crippen molar-refractivity contribution in [2.45, 2.75) is 25.8 Å².